The number of hydrogen-bond acceptors (Lipinski definition) is 5. The monoisotopic (exact) mass is 391 g/mol. The minimum atomic E-state index is -0.0425. The molecule has 150 valence electrons. The Morgan fingerprint density at radius 3 is 2.55 bits per heavy atom. The molecule has 0 aliphatic carbocycles. The highest BCUT2D eigenvalue weighted by molar-refractivity contribution is 5.94. The fourth-order valence-electron chi connectivity index (χ4n) is 3.69. The second kappa shape index (κ2) is 7.95. The van der Waals surface area contributed by atoms with Crippen LogP contribution in [0.3, 0.4) is 0 Å². The SMILES string of the molecule is COc1ccc(C)cc1-c1cc(C(=O)N2CCN(c3ccccn3)CC2)nn1C. The van der Waals surface area contributed by atoms with Crippen LogP contribution in [0.25, 0.3) is 11.3 Å². The summed E-state index contributed by atoms with van der Waals surface area (Å²) >= 11 is 0. The van der Waals surface area contributed by atoms with E-state index < -0.39 is 0 Å². The van der Waals surface area contributed by atoms with Gasteiger partial charge in [0.1, 0.15) is 11.6 Å². The first-order valence-corrected chi connectivity index (χ1v) is 9.71. The summed E-state index contributed by atoms with van der Waals surface area (Å²) in [6.07, 6.45) is 1.79. The molecule has 0 unspecified atom stereocenters. The third-order valence-electron chi connectivity index (χ3n) is 5.27. The Bertz CT molecular complexity index is 1010. The molecule has 1 aliphatic heterocycles. The van der Waals surface area contributed by atoms with Gasteiger partial charge in [-0.1, -0.05) is 17.7 Å². The van der Waals surface area contributed by atoms with Crippen molar-refractivity contribution in [1.29, 1.82) is 0 Å². The third-order valence-corrected chi connectivity index (χ3v) is 5.27. The Hall–Kier alpha value is -3.35. The summed E-state index contributed by atoms with van der Waals surface area (Å²) in [5.74, 6) is 1.67. The lowest BCUT2D eigenvalue weighted by Crippen LogP contribution is -2.49. The Balaban J connectivity index is 1.51. The molecule has 3 heterocycles. The fourth-order valence-corrected chi connectivity index (χ4v) is 3.69. The van der Waals surface area contributed by atoms with Crippen molar-refractivity contribution in [2.45, 2.75) is 6.92 Å². The van der Waals surface area contributed by atoms with Gasteiger partial charge in [-0.25, -0.2) is 4.98 Å². The molecular weight excluding hydrogens is 366 g/mol. The molecule has 4 rings (SSSR count). The van der Waals surface area contributed by atoms with Crippen molar-refractivity contribution in [3.63, 3.8) is 0 Å². The highest BCUT2D eigenvalue weighted by Gasteiger charge is 2.25. The number of carbonyl (C=O) groups excluding carboxylic acids is 1. The van der Waals surface area contributed by atoms with E-state index in [0.717, 1.165) is 41.5 Å². The van der Waals surface area contributed by atoms with Gasteiger partial charge in [0.2, 0.25) is 0 Å². The van der Waals surface area contributed by atoms with Gasteiger partial charge in [0.05, 0.1) is 12.8 Å². The van der Waals surface area contributed by atoms with E-state index in [0.29, 0.717) is 18.8 Å². The molecule has 1 aromatic carbocycles. The number of hydrogen-bond donors (Lipinski definition) is 0. The van der Waals surface area contributed by atoms with Crippen LogP contribution in [0.2, 0.25) is 0 Å². The lowest BCUT2D eigenvalue weighted by atomic mass is 10.1. The maximum Gasteiger partial charge on any atom is 0.274 e. The van der Waals surface area contributed by atoms with Gasteiger partial charge < -0.3 is 14.5 Å². The second-order valence-corrected chi connectivity index (χ2v) is 7.21. The van der Waals surface area contributed by atoms with Crippen LogP contribution in [-0.4, -0.2) is 58.9 Å². The van der Waals surface area contributed by atoms with Gasteiger partial charge >= 0.3 is 0 Å². The predicted octanol–water partition coefficient (Wildman–Crippen LogP) is 2.76. The van der Waals surface area contributed by atoms with Crippen molar-refractivity contribution in [2.24, 2.45) is 7.05 Å². The van der Waals surface area contributed by atoms with E-state index in [1.165, 1.54) is 0 Å². The zero-order valence-corrected chi connectivity index (χ0v) is 17.0. The molecule has 0 spiro atoms. The lowest BCUT2D eigenvalue weighted by Gasteiger charge is -2.35. The highest BCUT2D eigenvalue weighted by Crippen LogP contribution is 2.31. The molecule has 2 aromatic heterocycles. The number of rotatable bonds is 4. The summed E-state index contributed by atoms with van der Waals surface area (Å²) < 4.78 is 7.25. The number of nitrogens with zero attached hydrogens (tertiary/aromatic N) is 5. The molecule has 0 radical (unpaired) electrons. The minimum absolute atomic E-state index is 0.0425. The molecule has 7 nitrogen and oxygen atoms in total. The Kier molecular flexibility index (Phi) is 5.20. The smallest absolute Gasteiger partial charge is 0.274 e. The largest absolute Gasteiger partial charge is 0.496 e. The van der Waals surface area contributed by atoms with Crippen LogP contribution in [0.15, 0.2) is 48.7 Å². The molecular formula is C22H25N5O2. The first-order valence-electron chi connectivity index (χ1n) is 9.71. The van der Waals surface area contributed by atoms with Crippen molar-refractivity contribution in [2.75, 3.05) is 38.2 Å². The average molecular weight is 391 g/mol. The standard InChI is InChI=1S/C22H25N5O2/c1-16-7-8-20(29-3)17(14-16)19-15-18(24-25(19)2)22(28)27-12-10-26(11-13-27)21-6-4-5-9-23-21/h4-9,14-15H,10-13H2,1-3H3. The number of ether oxygens (including phenoxy) is 1. The first-order chi connectivity index (χ1) is 14.1. The number of carbonyl (C=O) groups is 1. The molecule has 7 heteroatoms. The van der Waals surface area contributed by atoms with Crippen molar-refractivity contribution >= 4 is 11.7 Å². The molecule has 0 bridgehead atoms. The molecule has 0 N–H and O–H groups in total. The molecule has 3 aromatic rings. The summed E-state index contributed by atoms with van der Waals surface area (Å²) in [7, 11) is 3.50. The number of aryl methyl sites for hydroxylation is 2. The third kappa shape index (κ3) is 3.81. The second-order valence-electron chi connectivity index (χ2n) is 7.21. The molecule has 1 amide bonds. The first kappa shape index (κ1) is 19.0. The Morgan fingerprint density at radius 1 is 1.07 bits per heavy atom. The summed E-state index contributed by atoms with van der Waals surface area (Å²) in [4.78, 5) is 21.5. The molecule has 1 fully saturated rings. The number of amides is 1. The Labute approximate surface area is 170 Å². The molecule has 1 saturated heterocycles. The Morgan fingerprint density at radius 2 is 1.86 bits per heavy atom. The van der Waals surface area contributed by atoms with Crippen LogP contribution in [0, 0.1) is 6.92 Å². The van der Waals surface area contributed by atoms with Gasteiger partial charge in [0, 0.05) is 45.0 Å². The van der Waals surface area contributed by atoms with Gasteiger partial charge in [-0.3, -0.25) is 9.48 Å². The van der Waals surface area contributed by atoms with Gasteiger partial charge in [-0.05, 0) is 37.3 Å². The summed E-state index contributed by atoms with van der Waals surface area (Å²) in [6, 6.07) is 13.7. The van der Waals surface area contributed by atoms with Gasteiger partial charge in [-0.2, -0.15) is 5.10 Å². The van der Waals surface area contributed by atoms with E-state index in [2.05, 4.69) is 21.0 Å². The summed E-state index contributed by atoms with van der Waals surface area (Å²) in [5, 5.41) is 4.49. The average Bonchev–Trinajstić information content (AvgIpc) is 3.15. The summed E-state index contributed by atoms with van der Waals surface area (Å²) in [6.45, 7) is 4.85. The predicted molar refractivity (Wildman–Crippen MR) is 112 cm³/mol. The highest BCUT2D eigenvalue weighted by atomic mass is 16.5. The van der Waals surface area contributed by atoms with Crippen molar-refractivity contribution in [1.82, 2.24) is 19.7 Å². The maximum atomic E-state index is 13.0. The van der Waals surface area contributed by atoms with Crippen LogP contribution < -0.4 is 9.64 Å². The minimum Gasteiger partial charge on any atom is -0.496 e. The number of benzene rings is 1. The van der Waals surface area contributed by atoms with E-state index in [-0.39, 0.29) is 5.91 Å². The zero-order valence-electron chi connectivity index (χ0n) is 17.0. The van der Waals surface area contributed by atoms with E-state index in [1.54, 1.807) is 18.0 Å². The van der Waals surface area contributed by atoms with Crippen molar-refractivity contribution < 1.29 is 9.53 Å². The van der Waals surface area contributed by atoms with Gasteiger partial charge in [-0.15, -0.1) is 0 Å². The number of methoxy groups -OCH3 is 1. The lowest BCUT2D eigenvalue weighted by molar-refractivity contribution is 0.0740. The quantitative estimate of drug-likeness (QED) is 0.684. The molecule has 1 aliphatic rings. The normalized spacial score (nSPS) is 14.2. The van der Waals surface area contributed by atoms with Crippen LogP contribution in [0.5, 0.6) is 5.75 Å². The van der Waals surface area contributed by atoms with Gasteiger partial charge in [0.25, 0.3) is 5.91 Å². The summed E-state index contributed by atoms with van der Waals surface area (Å²) in [5.41, 5.74) is 3.38. The molecule has 29 heavy (non-hydrogen) atoms. The maximum absolute atomic E-state index is 13.0. The van der Waals surface area contributed by atoms with Crippen molar-refractivity contribution in [3.05, 3.63) is 59.9 Å². The topological polar surface area (TPSA) is 63.5 Å². The van der Waals surface area contributed by atoms with Crippen LogP contribution in [0.4, 0.5) is 5.82 Å². The fraction of sp³-hybridized carbons (Fsp3) is 0.318. The van der Waals surface area contributed by atoms with Gasteiger partial charge in [0.15, 0.2) is 5.69 Å². The number of anilines is 1. The van der Waals surface area contributed by atoms with E-state index >= 15 is 0 Å². The number of aromatic nitrogens is 3. The van der Waals surface area contributed by atoms with Crippen LogP contribution >= 0.6 is 0 Å². The van der Waals surface area contributed by atoms with E-state index in [1.807, 2.05) is 55.3 Å². The van der Waals surface area contributed by atoms with Crippen LogP contribution in [-0.2, 0) is 7.05 Å². The molecule has 0 saturated carbocycles. The van der Waals surface area contributed by atoms with Crippen LogP contribution in [0.1, 0.15) is 16.1 Å². The van der Waals surface area contributed by atoms with E-state index in [4.69, 9.17) is 4.74 Å². The van der Waals surface area contributed by atoms with Crippen molar-refractivity contribution in [3.8, 4) is 17.0 Å². The van der Waals surface area contributed by atoms with E-state index in [9.17, 15) is 4.79 Å². The molecule has 0 atom stereocenters. The number of pyridine rings is 1. The number of piperazine rings is 1. The zero-order chi connectivity index (χ0) is 20.4.